The van der Waals surface area contributed by atoms with Crippen LogP contribution in [0.4, 0.5) is 13.2 Å². The van der Waals surface area contributed by atoms with Gasteiger partial charge in [-0.05, 0) is 24.1 Å². The first-order valence-electron chi connectivity index (χ1n) is 4.46. The van der Waals surface area contributed by atoms with E-state index in [-0.39, 0.29) is 6.42 Å². The Morgan fingerprint density at radius 3 is 2.53 bits per heavy atom. The summed E-state index contributed by atoms with van der Waals surface area (Å²) in [6.45, 7) is 0. The maximum absolute atomic E-state index is 11.9. The molecule has 1 rings (SSSR count). The normalized spacial score (nSPS) is 13.9. The van der Waals surface area contributed by atoms with Crippen LogP contribution in [0.1, 0.15) is 24.4 Å². The van der Waals surface area contributed by atoms with Gasteiger partial charge in [0.05, 0.1) is 0 Å². The van der Waals surface area contributed by atoms with Crippen molar-refractivity contribution in [2.45, 2.75) is 25.1 Å². The van der Waals surface area contributed by atoms with Gasteiger partial charge < -0.3 is 5.73 Å². The van der Waals surface area contributed by atoms with Crippen LogP contribution < -0.4 is 5.73 Å². The Labute approximate surface area is 91.0 Å². The molecule has 5 heteroatoms. The minimum absolute atomic E-state index is 0.121. The van der Waals surface area contributed by atoms with Crippen LogP contribution in [-0.2, 0) is 0 Å². The van der Waals surface area contributed by atoms with Gasteiger partial charge in [0, 0.05) is 17.5 Å². The Morgan fingerprint density at radius 2 is 2.00 bits per heavy atom. The summed E-state index contributed by atoms with van der Waals surface area (Å²) in [6.07, 6.45) is -5.15. The fourth-order valence-electron chi connectivity index (χ4n) is 1.22. The van der Waals surface area contributed by atoms with E-state index in [4.69, 9.17) is 17.3 Å². The Kier molecular flexibility index (Phi) is 3.99. The van der Waals surface area contributed by atoms with E-state index in [9.17, 15) is 13.2 Å². The lowest BCUT2D eigenvalue weighted by Crippen LogP contribution is -2.15. The number of rotatable bonds is 3. The maximum atomic E-state index is 11.9. The van der Waals surface area contributed by atoms with Gasteiger partial charge in [-0.15, -0.1) is 0 Å². The van der Waals surface area contributed by atoms with Crippen LogP contribution >= 0.6 is 11.6 Å². The molecule has 1 aromatic rings. The molecule has 0 saturated carbocycles. The van der Waals surface area contributed by atoms with Crippen LogP contribution in [0.3, 0.4) is 0 Å². The van der Waals surface area contributed by atoms with Crippen molar-refractivity contribution in [3.63, 3.8) is 0 Å². The lowest BCUT2D eigenvalue weighted by atomic mass is 10.0. The van der Waals surface area contributed by atoms with Gasteiger partial charge >= 0.3 is 6.18 Å². The average Bonchev–Trinajstić information content (AvgIpc) is 2.13. The van der Waals surface area contributed by atoms with E-state index in [1.807, 2.05) is 0 Å². The van der Waals surface area contributed by atoms with E-state index >= 15 is 0 Å². The topological polar surface area (TPSA) is 26.0 Å². The molecule has 1 nitrogen and oxygen atoms in total. The summed E-state index contributed by atoms with van der Waals surface area (Å²) in [7, 11) is 0. The molecule has 0 aliphatic carbocycles. The second kappa shape index (κ2) is 4.86. The molecule has 84 valence electrons. The first kappa shape index (κ1) is 12.3. The molecule has 0 fully saturated rings. The third kappa shape index (κ3) is 4.53. The number of halogens is 4. The summed E-state index contributed by atoms with van der Waals surface area (Å²) in [5, 5.41) is 0.481. The largest absolute Gasteiger partial charge is 0.389 e. The monoisotopic (exact) mass is 237 g/mol. The molecule has 0 aliphatic rings. The van der Waals surface area contributed by atoms with Crippen LogP contribution in [0.25, 0.3) is 0 Å². The first-order chi connectivity index (χ1) is 6.88. The third-order valence-electron chi connectivity index (χ3n) is 2.02. The van der Waals surface area contributed by atoms with Crippen molar-refractivity contribution in [2.24, 2.45) is 5.73 Å². The van der Waals surface area contributed by atoms with Crippen molar-refractivity contribution in [3.05, 3.63) is 34.9 Å². The summed E-state index contributed by atoms with van der Waals surface area (Å²) < 4.78 is 35.8. The summed E-state index contributed by atoms with van der Waals surface area (Å²) in [6, 6.07) is 5.97. The van der Waals surface area contributed by atoms with Crippen molar-refractivity contribution < 1.29 is 13.2 Å². The predicted octanol–water partition coefficient (Wildman–Crippen LogP) is 3.68. The fraction of sp³-hybridized carbons (Fsp3) is 0.400. The minimum atomic E-state index is -4.16. The Morgan fingerprint density at radius 1 is 1.33 bits per heavy atom. The standard InChI is InChI=1S/C10H11ClF3N/c11-8-3-1-2-7(6-8)9(15)4-5-10(12,13)14/h1-3,6,9H,4-5,15H2/t9-/m0/s1. The van der Waals surface area contributed by atoms with Gasteiger partial charge in [0.15, 0.2) is 0 Å². The van der Waals surface area contributed by atoms with Crippen molar-refractivity contribution in [2.75, 3.05) is 0 Å². The van der Waals surface area contributed by atoms with E-state index in [0.717, 1.165) is 0 Å². The van der Waals surface area contributed by atoms with E-state index in [2.05, 4.69) is 0 Å². The molecule has 0 bridgehead atoms. The highest BCUT2D eigenvalue weighted by Crippen LogP contribution is 2.27. The van der Waals surface area contributed by atoms with Crippen molar-refractivity contribution in [3.8, 4) is 0 Å². The summed E-state index contributed by atoms with van der Waals surface area (Å²) in [4.78, 5) is 0. The summed E-state index contributed by atoms with van der Waals surface area (Å²) >= 11 is 5.70. The molecule has 0 amide bonds. The van der Waals surface area contributed by atoms with Gasteiger partial charge in [-0.2, -0.15) is 13.2 Å². The fourth-order valence-corrected chi connectivity index (χ4v) is 1.42. The average molecular weight is 238 g/mol. The van der Waals surface area contributed by atoms with Crippen LogP contribution in [-0.4, -0.2) is 6.18 Å². The van der Waals surface area contributed by atoms with Crippen LogP contribution in [0, 0.1) is 0 Å². The van der Waals surface area contributed by atoms with Crippen LogP contribution in [0.15, 0.2) is 24.3 Å². The molecular formula is C10H11ClF3N. The number of hydrogen-bond donors (Lipinski definition) is 1. The van der Waals surface area contributed by atoms with Crippen molar-refractivity contribution in [1.82, 2.24) is 0 Å². The molecule has 0 saturated heterocycles. The number of alkyl halides is 3. The second-order valence-corrected chi connectivity index (χ2v) is 3.75. The number of hydrogen-bond acceptors (Lipinski definition) is 1. The van der Waals surface area contributed by atoms with Gasteiger partial charge in [0.1, 0.15) is 0 Å². The SMILES string of the molecule is N[C@@H](CCC(F)(F)F)c1cccc(Cl)c1. The van der Waals surface area contributed by atoms with Gasteiger partial charge in [-0.1, -0.05) is 23.7 Å². The Hall–Kier alpha value is -0.740. The molecule has 0 aliphatic heterocycles. The highest BCUT2D eigenvalue weighted by Gasteiger charge is 2.27. The van der Waals surface area contributed by atoms with Crippen molar-refractivity contribution in [1.29, 1.82) is 0 Å². The zero-order valence-electron chi connectivity index (χ0n) is 7.89. The van der Waals surface area contributed by atoms with Gasteiger partial charge in [-0.25, -0.2) is 0 Å². The molecule has 2 N–H and O–H groups in total. The third-order valence-corrected chi connectivity index (χ3v) is 2.25. The van der Waals surface area contributed by atoms with E-state index in [1.54, 1.807) is 24.3 Å². The number of nitrogens with two attached hydrogens (primary N) is 1. The second-order valence-electron chi connectivity index (χ2n) is 3.32. The minimum Gasteiger partial charge on any atom is -0.324 e. The Balaban J connectivity index is 2.58. The first-order valence-corrected chi connectivity index (χ1v) is 4.84. The highest BCUT2D eigenvalue weighted by atomic mass is 35.5. The highest BCUT2D eigenvalue weighted by molar-refractivity contribution is 6.30. The van der Waals surface area contributed by atoms with E-state index in [1.165, 1.54) is 0 Å². The Bertz CT molecular complexity index is 325. The summed E-state index contributed by atoms with van der Waals surface area (Å²) in [5.74, 6) is 0. The molecule has 1 atom stereocenters. The van der Waals surface area contributed by atoms with Crippen LogP contribution in [0.5, 0.6) is 0 Å². The lowest BCUT2D eigenvalue weighted by molar-refractivity contribution is -0.136. The molecule has 0 heterocycles. The quantitative estimate of drug-likeness (QED) is 0.853. The molecule has 15 heavy (non-hydrogen) atoms. The molecule has 0 aromatic heterocycles. The van der Waals surface area contributed by atoms with Gasteiger partial charge in [0.25, 0.3) is 0 Å². The lowest BCUT2D eigenvalue weighted by Gasteiger charge is -2.13. The van der Waals surface area contributed by atoms with Crippen molar-refractivity contribution >= 4 is 11.6 Å². The van der Waals surface area contributed by atoms with Gasteiger partial charge in [-0.3, -0.25) is 0 Å². The molecule has 0 radical (unpaired) electrons. The maximum Gasteiger partial charge on any atom is 0.389 e. The van der Waals surface area contributed by atoms with E-state index < -0.39 is 18.6 Å². The summed E-state index contributed by atoms with van der Waals surface area (Å²) in [5.41, 5.74) is 6.24. The predicted molar refractivity (Wildman–Crippen MR) is 53.7 cm³/mol. The zero-order chi connectivity index (χ0) is 11.5. The molecule has 0 unspecified atom stereocenters. The molecular weight excluding hydrogens is 227 g/mol. The number of benzene rings is 1. The molecule has 0 spiro atoms. The molecule has 1 aromatic carbocycles. The van der Waals surface area contributed by atoms with E-state index in [0.29, 0.717) is 10.6 Å². The smallest absolute Gasteiger partial charge is 0.324 e. The zero-order valence-corrected chi connectivity index (χ0v) is 8.65. The van der Waals surface area contributed by atoms with Crippen LogP contribution in [0.2, 0.25) is 5.02 Å². The van der Waals surface area contributed by atoms with Gasteiger partial charge in [0.2, 0.25) is 0 Å².